The molecule has 0 amide bonds. The lowest BCUT2D eigenvalue weighted by atomic mass is 9.94. The fourth-order valence-electron chi connectivity index (χ4n) is 2.77. The standard InChI is InChI=1S/C15H22BrNO/c1-3-12-5-4-8-17(10-12)15-7-6-13(16)9-14(15)11(2)18/h6-7,9,11-12,18H,3-5,8,10H2,1-2H3. The summed E-state index contributed by atoms with van der Waals surface area (Å²) in [7, 11) is 0. The van der Waals surface area contributed by atoms with Crippen LogP contribution in [0.4, 0.5) is 5.69 Å². The first-order valence-electron chi connectivity index (χ1n) is 6.84. The summed E-state index contributed by atoms with van der Waals surface area (Å²) in [5.74, 6) is 0.796. The van der Waals surface area contributed by atoms with Gasteiger partial charge in [0.15, 0.2) is 0 Å². The molecule has 2 nitrogen and oxygen atoms in total. The van der Waals surface area contributed by atoms with E-state index in [9.17, 15) is 5.11 Å². The second-order valence-electron chi connectivity index (χ2n) is 5.24. The summed E-state index contributed by atoms with van der Waals surface area (Å²) in [6, 6.07) is 6.23. The Kier molecular flexibility index (Phi) is 4.68. The number of halogens is 1. The van der Waals surface area contributed by atoms with Crippen molar-refractivity contribution >= 4 is 21.6 Å². The molecular formula is C15H22BrNO. The van der Waals surface area contributed by atoms with Gasteiger partial charge in [0.1, 0.15) is 0 Å². The van der Waals surface area contributed by atoms with Crippen molar-refractivity contribution in [3.8, 4) is 0 Å². The predicted octanol–water partition coefficient (Wildman–Crippen LogP) is 4.13. The molecular weight excluding hydrogens is 290 g/mol. The average Bonchev–Trinajstić information content (AvgIpc) is 2.38. The summed E-state index contributed by atoms with van der Waals surface area (Å²) < 4.78 is 1.03. The highest BCUT2D eigenvalue weighted by Crippen LogP contribution is 2.32. The van der Waals surface area contributed by atoms with Gasteiger partial charge >= 0.3 is 0 Å². The number of nitrogens with zero attached hydrogens (tertiary/aromatic N) is 1. The SMILES string of the molecule is CCC1CCCN(c2ccc(Br)cc2C(C)O)C1. The van der Waals surface area contributed by atoms with Gasteiger partial charge in [-0.25, -0.2) is 0 Å². The van der Waals surface area contributed by atoms with Gasteiger partial charge in [0.05, 0.1) is 6.10 Å². The van der Waals surface area contributed by atoms with Gasteiger partial charge in [-0.3, -0.25) is 0 Å². The molecule has 0 saturated carbocycles. The molecule has 18 heavy (non-hydrogen) atoms. The topological polar surface area (TPSA) is 23.5 Å². The average molecular weight is 312 g/mol. The second kappa shape index (κ2) is 6.07. The minimum absolute atomic E-state index is 0.417. The van der Waals surface area contributed by atoms with Gasteiger partial charge < -0.3 is 10.0 Å². The lowest BCUT2D eigenvalue weighted by Crippen LogP contribution is -2.35. The molecule has 0 aliphatic carbocycles. The first-order chi connectivity index (χ1) is 8.61. The lowest BCUT2D eigenvalue weighted by Gasteiger charge is -2.35. The molecule has 0 bridgehead atoms. The Labute approximate surface area is 118 Å². The maximum atomic E-state index is 9.94. The van der Waals surface area contributed by atoms with E-state index in [0.717, 1.165) is 29.0 Å². The highest BCUT2D eigenvalue weighted by Gasteiger charge is 2.21. The molecule has 1 heterocycles. The number of hydrogen-bond donors (Lipinski definition) is 1. The van der Waals surface area contributed by atoms with Crippen molar-refractivity contribution in [1.82, 2.24) is 0 Å². The third-order valence-electron chi connectivity index (χ3n) is 3.88. The maximum absolute atomic E-state index is 9.94. The zero-order valence-corrected chi connectivity index (χ0v) is 12.8. The Hall–Kier alpha value is -0.540. The van der Waals surface area contributed by atoms with Crippen LogP contribution in [0, 0.1) is 5.92 Å². The number of aliphatic hydroxyl groups excluding tert-OH is 1. The first kappa shape index (κ1) is 13.9. The smallest absolute Gasteiger partial charge is 0.0782 e. The Morgan fingerprint density at radius 2 is 2.28 bits per heavy atom. The van der Waals surface area contributed by atoms with Gasteiger partial charge in [-0.2, -0.15) is 0 Å². The van der Waals surface area contributed by atoms with Gasteiger partial charge in [-0.1, -0.05) is 29.3 Å². The van der Waals surface area contributed by atoms with Crippen molar-refractivity contribution in [2.45, 2.75) is 39.2 Å². The van der Waals surface area contributed by atoms with Crippen molar-refractivity contribution in [1.29, 1.82) is 0 Å². The lowest BCUT2D eigenvalue weighted by molar-refractivity contribution is 0.199. The highest BCUT2D eigenvalue weighted by molar-refractivity contribution is 9.10. The van der Waals surface area contributed by atoms with E-state index in [4.69, 9.17) is 0 Å². The molecule has 1 aliphatic heterocycles. The maximum Gasteiger partial charge on any atom is 0.0782 e. The van der Waals surface area contributed by atoms with Crippen LogP contribution in [0.2, 0.25) is 0 Å². The third-order valence-corrected chi connectivity index (χ3v) is 4.37. The molecule has 0 aromatic heterocycles. The van der Waals surface area contributed by atoms with Crippen LogP contribution in [0.15, 0.2) is 22.7 Å². The Bertz CT molecular complexity index is 405. The van der Waals surface area contributed by atoms with Crippen molar-refractivity contribution in [2.75, 3.05) is 18.0 Å². The monoisotopic (exact) mass is 311 g/mol. The van der Waals surface area contributed by atoms with Crippen LogP contribution in [0.3, 0.4) is 0 Å². The molecule has 0 radical (unpaired) electrons. The molecule has 2 atom stereocenters. The van der Waals surface area contributed by atoms with Gasteiger partial charge in [-0.05, 0) is 43.9 Å². The van der Waals surface area contributed by atoms with E-state index in [2.05, 4.69) is 39.9 Å². The molecule has 0 spiro atoms. The molecule has 2 unspecified atom stereocenters. The molecule has 1 saturated heterocycles. The van der Waals surface area contributed by atoms with Gasteiger partial charge in [-0.15, -0.1) is 0 Å². The largest absolute Gasteiger partial charge is 0.389 e. The molecule has 1 aromatic carbocycles. The second-order valence-corrected chi connectivity index (χ2v) is 6.16. The summed E-state index contributed by atoms with van der Waals surface area (Å²) in [5.41, 5.74) is 2.23. The number of aliphatic hydroxyl groups is 1. The molecule has 3 heteroatoms. The van der Waals surface area contributed by atoms with E-state index in [-0.39, 0.29) is 0 Å². The van der Waals surface area contributed by atoms with E-state index in [1.165, 1.54) is 24.9 Å². The van der Waals surface area contributed by atoms with Gasteiger partial charge in [0, 0.05) is 28.8 Å². The molecule has 100 valence electrons. The van der Waals surface area contributed by atoms with E-state index in [1.807, 2.05) is 13.0 Å². The number of piperidine rings is 1. The predicted molar refractivity (Wildman–Crippen MR) is 80.0 cm³/mol. The Morgan fingerprint density at radius 1 is 1.50 bits per heavy atom. The number of rotatable bonds is 3. The summed E-state index contributed by atoms with van der Waals surface area (Å²) in [6.07, 6.45) is 3.43. The Morgan fingerprint density at radius 3 is 2.94 bits per heavy atom. The van der Waals surface area contributed by atoms with E-state index < -0.39 is 6.10 Å². The quantitative estimate of drug-likeness (QED) is 0.907. The summed E-state index contributed by atoms with van der Waals surface area (Å²) in [6.45, 7) is 6.34. The first-order valence-corrected chi connectivity index (χ1v) is 7.63. The van der Waals surface area contributed by atoms with Crippen molar-refractivity contribution < 1.29 is 5.11 Å². The van der Waals surface area contributed by atoms with Crippen LogP contribution >= 0.6 is 15.9 Å². The van der Waals surface area contributed by atoms with Crippen molar-refractivity contribution in [3.63, 3.8) is 0 Å². The van der Waals surface area contributed by atoms with Crippen LogP contribution in [0.5, 0.6) is 0 Å². The van der Waals surface area contributed by atoms with Crippen molar-refractivity contribution in [3.05, 3.63) is 28.2 Å². The number of anilines is 1. The molecule has 1 fully saturated rings. The molecule has 1 aromatic rings. The highest BCUT2D eigenvalue weighted by atomic mass is 79.9. The summed E-state index contributed by atoms with van der Waals surface area (Å²) in [5, 5.41) is 9.94. The van der Waals surface area contributed by atoms with E-state index in [0.29, 0.717) is 0 Å². The van der Waals surface area contributed by atoms with Gasteiger partial charge in [0.25, 0.3) is 0 Å². The van der Waals surface area contributed by atoms with Gasteiger partial charge in [0.2, 0.25) is 0 Å². The normalized spacial score (nSPS) is 22.0. The Balaban J connectivity index is 2.26. The zero-order valence-electron chi connectivity index (χ0n) is 11.2. The van der Waals surface area contributed by atoms with Crippen LogP contribution in [-0.4, -0.2) is 18.2 Å². The number of hydrogen-bond acceptors (Lipinski definition) is 2. The fourth-order valence-corrected chi connectivity index (χ4v) is 3.14. The molecule has 1 N–H and O–H groups in total. The van der Waals surface area contributed by atoms with Crippen molar-refractivity contribution in [2.24, 2.45) is 5.92 Å². The third kappa shape index (κ3) is 3.07. The summed E-state index contributed by atoms with van der Waals surface area (Å²) >= 11 is 3.48. The zero-order chi connectivity index (χ0) is 13.1. The van der Waals surface area contributed by atoms with Crippen LogP contribution in [0.25, 0.3) is 0 Å². The van der Waals surface area contributed by atoms with E-state index in [1.54, 1.807) is 0 Å². The van der Waals surface area contributed by atoms with Crippen LogP contribution < -0.4 is 4.90 Å². The van der Waals surface area contributed by atoms with Crippen LogP contribution in [0.1, 0.15) is 44.8 Å². The minimum atomic E-state index is -0.417. The fraction of sp³-hybridized carbons (Fsp3) is 0.600. The number of benzene rings is 1. The summed E-state index contributed by atoms with van der Waals surface area (Å²) in [4.78, 5) is 2.44. The minimum Gasteiger partial charge on any atom is -0.389 e. The molecule has 2 rings (SSSR count). The molecule has 1 aliphatic rings. The van der Waals surface area contributed by atoms with E-state index >= 15 is 0 Å². The van der Waals surface area contributed by atoms with Crippen LogP contribution in [-0.2, 0) is 0 Å².